The maximum absolute atomic E-state index is 6.03. The van der Waals surface area contributed by atoms with E-state index in [4.69, 9.17) is 4.74 Å². The zero-order valence-electron chi connectivity index (χ0n) is 13.3. The van der Waals surface area contributed by atoms with Gasteiger partial charge in [0.25, 0.3) is 0 Å². The van der Waals surface area contributed by atoms with Crippen LogP contribution in [0.5, 0.6) is 5.75 Å². The second-order valence-electron chi connectivity index (χ2n) is 6.14. The van der Waals surface area contributed by atoms with Crippen LogP contribution in [0.1, 0.15) is 57.9 Å². The lowest BCUT2D eigenvalue weighted by atomic mass is 10.0. The van der Waals surface area contributed by atoms with Crippen molar-refractivity contribution in [3.8, 4) is 5.75 Å². The molecule has 1 atom stereocenters. The lowest BCUT2D eigenvalue weighted by molar-refractivity contribution is 0.233. The summed E-state index contributed by atoms with van der Waals surface area (Å²) in [4.78, 5) is 0. The standard InChI is InChI=1S/C18H28BrNO/c1-3-5-6-14(4-2)13-21-17-9-10-18(19)15(11-17)12-20-16-7-8-16/h9-11,14,16,20H,3-8,12-13H2,1-2H3. The van der Waals surface area contributed by atoms with E-state index in [0.717, 1.165) is 24.9 Å². The Balaban J connectivity index is 1.85. The van der Waals surface area contributed by atoms with Crippen molar-refractivity contribution < 1.29 is 4.74 Å². The lowest BCUT2D eigenvalue weighted by Gasteiger charge is -2.16. The molecule has 2 nitrogen and oxygen atoms in total. The molecule has 0 aromatic heterocycles. The minimum atomic E-state index is 0.682. The van der Waals surface area contributed by atoms with E-state index in [0.29, 0.717) is 5.92 Å². The van der Waals surface area contributed by atoms with Crippen LogP contribution in [0.15, 0.2) is 22.7 Å². The highest BCUT2D eigenvalue weighted by Gasteiger charge is 2.20. The molecular formula is C18H28BrNO. The predicted octanol–water partition coefficient (Wildman–Crippen LogP) is 5.30. The Kier molecular flexibility index (Phi) is 7.05. The van der Waals surface area contributed by atoms with Crippen LogP contribution in [0.4, 0.5) is 0 Å². The number of hydrogen-bond acceptors (Lipinski definition) is 2. The van der Waals surface area contributed by atoms with Crippen LogP contribution in [0, 0.1) is 5.92 Å². The molecular weight excluding hydrogens is 326 g/mol. The monoisotopic (exact) mass is 353 g/mol. The normalized spacial score (nSPS) is 16.0. The van der Waals surface area contributed by atoms with Gasteiger partial charge < -0.3 is 10.1 Å². The molecule has 21 heavy (non-hydrogen) atoms. The molecule has 1 N–H and O–H groups in total. The van der Waals surface area contributed by atoms with Crippen molar-refractivity contribution >= 4 is 15.9 Å². The van der Waals surface area contributed by atoms with Crippen LogP contribution in [0.25, 0.3) is 0 Å². The molecule has 0 bridgehead atoms. The molecule has 1 unspecified atom stereocenters. The van der Waals surface area contributed by atoms with Gasteiger partial charge in [-0.3, -0.25) is 0 Å². The van der Waals surface area contributed by atoms with Gasteiger partial charge in [0.2, 0.25) is 0 Å². The fourth-order valence-corrected chi connectivity index (χ4v) is 2.82. The van der Waals surface area contributed by atoms with Crippen LogP contribution >= 0.6 is 15.9 Å². The van der Waals surface area contributed by atoms with E-state index in [2.05, 4.69) is 53.3 Å². The molecule has 0 spiro atoms. The topological polar surface area (TPSA) is 21.3 Å². The summed E-state index contributed by atoms with van der Waals surface area (Å²) in [5, 5.41) is 3.56. The first kappa shape index (κ1) is 16.8. The van der Waals surface area contributed by atoms with E-state index < -0.39 is 0 Å². The van der Waals surface area contributed by atoms with E-state index in [1.54, 1.807) is 0 Å². The van der Waals surface area contributed by atoms with Gasteiger partial charge in [-0.2, -0.15) is 0 Å². The quantitative estimate of drug-likeness (QED) is 0.616. The maximum Gasteiger partial charge on any atom is 0.119 e. The fraction of sp³-hybridized carbons (Fsp3) is 0.667. The number of benzene rings is 1. The van der Waals surface area contributed by atoms with Crippen molar-refractivity contribution in [1.29, 1.82) is 0 Å². The number of nitrogens with one attached hydrogen (secondary N) is 1. The Labute approximate surface area is 137 Å². The lowest BCUT2D eigenvalue weighted by Crippen LogP contribution is -2.16. The van der Waals surface area contributed by atoms with Crippen LogP contribution < -0.4 is 10.1 Å². The van der Waals surface area contributed by atoms with Gasteiger partial charge in [-0.25, -0.2) is 0 Å². The molecule has 0 radical (unpaired) electrons. The Morgan fingerprint density at radius 2 is 2.14 bits per heavy atom. The van der Waals surface area contributed by atoms with Crippen molar-refractivity contribution in [3.05, 3.63) is 28.2 Å². The van der Waals surface area contributed by atoms with Gasteiger partial charge in [-0.1, -0.05) is 49.0 Å². The van der Waals surface area contributed by atoms with E-state index in [1.165, 1.54) is 48.6 Å². The Morgan fingerprint density at radius 3 is 2.81 bits per heavy atom. The summed E-state index contributed by atoms with van der Waals surface area (Å²) in [5.74, 6) is 1.68. The van der Waals surface area contributed by atoms with Gasteiger partial charge in [0.1, 0.15) is 5.75 Å². The molecule has 1 fully saturated rings. The van der Waals surface area contributed by atoms with Gasteiger partial charge >= 0.3 is 0 Å². The second kappa shape index (κ2) is 8.79. The Bertz CT molecular complexity index is 431. The van der Waals surface area contributed by atoms with Gasteiger partial charge in [-0.05, 0) is 48.9 Å². The molecule has 0 heterocycles. The Hall–Kier alpha value is -0.540. The summed E-state index contributed by atoms with van der Waals surface area (Å²) in [6.45, 7) is 6.28. The molecule has 1 saturated carbocycles. The first-order valence-electron chi connectivity index (χ1n) is 8.37. The molecule has 2 rings (SSSR count). The molecule has 1 aliphatic carbocycles. The average molecular weight is 354 g/mol. The van der Waals surface area contributed by atoms with Crippen molar-refractivity contribution in [2.24, 2.45) is 5.92 Å². The van der Waals surface area contributed by atoms with Crippen molar-refractivity contribution in [2.45, 2.75) is 65.0 Å². The third kappa shape index (κ3) is 5.99. The SMILES string of the molecule is CCCCC(CC)COc1ccc(Br)c(CNC2CC2)c1. The number of hydrogen-bond donors (Lipinski definition) is 1. The minimum absolute atomic E-state index is 0.682. The van der Waals surface area contributed by atoms with E-state index in [1.807, 2.05) is 0 Å². The van der Waals surface area contributed by atoms with Crippen molar-refractivity contribution in [1.82, 2.24) is 5.32 Å². The Morgan fingerprint density at radius 1 is 1.33 bits per heavy atom. The molecule has 1 aliphatic rings. The van der Waals surface area contributed by atoms with E-state index in [-0.39, 0.29) is 0 Å². The largest absolute Gasteiger partial charge is 0.493 e. The summed E-state index contributed by atoms with van der Waals surface area (Å²) in [6.07, 6.45) is 7.70. The first-order valence-corrected chi connectivity index (χ1v) is 9.16. The summed E-state index contributed by atoms with van der Waals surface area (Å²) < 4.78 is 7.19. The smallest absolute Gasteiger partial charge is 0.119 e. The first-order chi connectivity index (χ1) is 10.2. The predicted molar refractivity (Wildman–Crippen MR) is 92.8 cm³/mol. The minimum Gasteiger partial charge on any atom is -0.493 e. The summed E-state index contributed by atoms with van der Waals surface area (Å²) in [7, 11) is 0. The molecule has 1 aromatic rings. The molecule has 0 saturated heterocycles. The third-order valence-corrected chi connectivity index (χ3v) is 4.98. The molecule has 3 heteroatoms. The van der Waals surface area contributed by atoms with Gasteiger partial charge in [0.15, 0.2) is 0 Å². The zero-order valence-corrected chi connectivity index (χ0v) is 14.9. The highest BCUT2D eigenvalue weighted by atomic mass is 79.9. The molecule has 1 aromatic carbocycles. The highest BCUT2D eigenvalue weighted by molar-refractivity contribution is 9.10. The van der Waals surface area contributed by atoms with Gasteiger partial charge in [-0.15, -0.1) is 0 Å². The summed E-state index contributed by atoms with van der Waals surface area (Å²) in [5.41, 5.74) is 1.29. The van der Waals surface area contributed by atoms with Crippen molar-refractivity contribution in [2.75, 3.05) is 6.61 Å². The average Bonchev–Trinajstić information content (AvgIpc) is 3.32. The number of unbranched alkanes of at least 4 members (excludes halogenated alkanes) is 1. The van der Waals surface area contributed by atoms with Gasteiger partial charge in [0, 0.05) is 17.1 Å². The fourth-order valence-electron chi connectivity index (χ4n) is 2.43. The highest BCUT2D eigenvalue weighted by Crippen LogP contribution is 2.25. The van der Waals surface area contributed by atoms with Crippen molar-refractivity contribution in [3.63, 3.8) is 0 Å². The number of halogens is 1. The number of rotatable bonds is 10. The third-order valence-electron chi connectivity index (χ3n) is 4.20. The maximum atomic E-state index is 6.03. The van der Waals surface area contributed by atoms with Crippen LogP contribution in [0.3, 0.4) is 0 Å². The number of ether oxygens (including phenoxy) is 1. The van der Waals surface area contributed by atoms with E-state index in [9.17, 15) is 0 Å². The molecule has 118 valence electrons. The zero-order chi connectivity index (χ0) is 15.1. The van der Waals surface area contributed by atoms with Gasteiger partial charge in [0.05, 0.1) is 6.61 Å². The summed E-state index contributed by atoms with van der Waals surface area (Å²) >= 11 is 3.63. The second-order valence-corrected chi connectivity index (χ2v) is 6.99. The van der Waals surface area contributed by atoms with Crippen LogP contribution in [-0.2, 0) is 6.54 Å². The molecule has 0 aliphatic heterocycles. The van der Waals surface area contributed by atoms with E-state index >= 15 is 0 Å². The molecule has 0 amide bonds. The summed E-state index contributed by atoms with van der Waals surface area (Å²) in [6, 6.07) is 7.08. The van der Waals surface area contributed by atoms with Crippen LogP contribution in [0.2, 0.25) is 0 Å². The van der Waals surface area contributed by atoms with Crippen LogP contribution in [-0.4, -0.2) is 12.6 Å².